The molecule has 0 aromatic heterocycles. The van der Waals surface area contributed by atoms with Gasteiger partial charge in [-0.1, -0.05) is 51.8 Å². The SMILES string of the molecule is N[C@H]1CC(c2ccc(Br)cc2Cl)Oc2ccccc21. The summed E-state index contributed by atoms with van der Waals surface area (Å²) in [4.78, 5) is 0. The third kappa shape index (κ3) is 2.50. The number of para-hydroxylation sites is 1. The van der Waals surface area contributed by atoms with Gasteiger partial charge in [0.25, 0.3) is 0 Å². The fourth-order valence-electron chi connectivity index (χ4n) is 2.41. The Morgan fingerprint density at radius 3 is 2.74 bits per heavy atom. The van der Waals surface area contributed by atoms with Crippen molar-refractivity contribution >= 4 is 27.5 Å². The monoisotopic (exact) mass is 337 g/mol. The minimum Gasteiger partial charge on any atom is -0.485 e. The second kappa shape index (κ2) is 5.16. The molecule has 0 spiro atoms. The van der Waals surface area contributed by atoms with Gasteiger partial charge in [0, 0.05) is 33.1 Å². The molecule has 1 heterocycles. The Bertz CT molecular complexity index is 617. The highest BCUT2D eigenvalue weighted by Crippen LogP contribution is 2.41. The van der Waals surface area contributed by atoms with Crippen molar-refractivity contribution in [1.29, 1.82) is 0 Å². The second-order valence-electron chi connectivity index (χ2n) is 4.65. The lowest BCUT2D eigenvalue weighted by molar-refractivity contribution is 0.161. The molecule has 4 heteroatoms. The molecular weight excluding hydrogens is 326 g/mol. The van der Waals surface area contributed by atoms with E-state index in [0.29, 0.717) is 5.02 Å². The van der Waals surface area contributed by atoms with Gasteiger partial charge in [0.05, 0.1) is 0 Å². The molecule has 1 aliphatic heterocycles. The third-order valence-electron chi connectivity index (χ3n) is 3.37. The van der Waals surface area contributed by atoms with Crippen LogP contribution in [0.5, 0.6) is 5.75 Å². The number of benzene rings is 2. The maximum Gasteiger partial charge on any atom is 0.127 e. The molecule has 98 valence electrons. The van der Waals surface area contributed by atoms with Crippen LogP contribution < -0.4 is 10.5 Å². The molecule has 19 heavy (non-hydrogen) atoms. The van der Waals surface area contributed by atoms with E-state index < -0.39 is 0 Å². The number of rotatable bonds is 1. The maximum absolute atomic E-state index is 6.29. The molecule has 0 saturated heterocycles. The molecule has 2 N–H and O–H groups in total. The minimum absolute atomic E-state index is 0.0188. The molecule has 0 bridgehead atoms. The van der Waals surface area contributed by atoms with Crippen LogP contribution in [0.25, 0.3) is 0 Å². The molecule has 0 amide bonds. The van der Waals surface area contributed by atoms with Gasteiger partial charge in [-0.15, -0.1) is 0 Å². The summed E-state index contributed by atoms with van der Waals surface area (Å²) in [5, 5.41) is 0.700. The van der Waals surface area contributed by atoms with E-state index in [9.17, 15) is 0 Å². The summed E-state index contributed by atoms with van der Waals surface area (Å²) >= 11 is 9.69. The van der Waals surface area contributed by atoms with Crippen LogP contribution >= 0.6 is 27.5 Å². The Hall–Kier alpha value is -1.03. The highest BCUT2D eigenvalue weighted by Gasteiger charge is 2.27. The molecular formula is C15H13BrClNO. The van der Waals surface area contributed by atoms with Crippen molar-refractivity contribution in [3.05, 3.63) is 63.1 Å². The average molecular weight is 339 g/mol. The zero-order valence-corrected chi connectivity index (χ0v) is 12.5. The molecule has 0 saturated carbocycles. The van der Waals surface area contributed by atoms with E-state index in [1.165, 1.54) is 0 Å². The van der Waals surface area contributed by atoms with Gasteiger partial charge in [-0.3, -0.25) is 0 Å². The number of nitrogens with two attached hydrogens (primary N) is 1. The van der Waals surface area contributed by atoms with Crippen LogP contribution in [-0.2, 0) is 0 Å². The van der Waals surface area contributed by atoms with Crippen molar-refractivity contribution in [2.45, 2.75) is 18.6 Å². The van der Waals surface area contributed by atoms with Crippen molar-refractivity contribution in [3.8, 4) is 5.75 Å². The normalized spacial score (nSPS) is 21.6. The first kappa shape index (κ1) is 13.0. The van der Waals surface area contributed by atoms with Gasteiger partial charge in [0.1, 0.15) is 11.9 Å². The quantitative estimate of drug-likeness (QED) is 0.823. The summed E-state index contributed by atoms with van der Waals surface area (Å²) in [6, 6.07) is 13.7. The fraction of sp³-hybridized carbons (Fsp3) is 0.200. The Balaban J connectivity index is 1.97. The summed E-state index contributed by atoms with van der Waals surface area (Å²) in [6.45, 7) is 0. The zero-order valence-electron chi connectivity index (χ0n) is 10.1. The first-order valence-electron chi connectivity index (χ1n) is 6.11. The standard InChI is InChI=1S/C15H13BrClNO/c16-9-5-6-10(12(17)7-9)15-8-13(18)11-3-1-2-4-14(11)19-15/h1-7,13,15H,8,18H2/t13-,15?/m0/s1. The first-order chi connectivity index (χ1) is 9.15. The van der Waals surface area contributed by atoms with E-state index in [1.54, 1.807) is 0 Å². The lowest BCUT2D eigenvalue weighted by Gasteiger charge is -2.31. The van der Waals surface area contributed by atoms with Crippen molar-refractivity contribution in [1.82, 2.24) is 0 Å². The molecule has 1 unspecified atom stereocenters. The molecule has 2 atom stereocenters. The molecule has 0 fully saturated rings. The van der Waals surface area contributed by atoms with Gasteiger partial charge >= 0.3 is 0 Å². The molecule has 2 aromatic carbocycles. The second-order valence-corrected chi connectivity index (χ2v) is 5.98. The van der Waals surface area contributed by atoms with Gasteiger partial charge in [-0.2, -0.15) is 0 Å². The van der Waals surface area contributed by atoms with E-state index in [-0.39, 0.29) is 12.1 Å². The van der Waals surface area contributed by atoms with Crippen LogP contribution in [-0.4, -0.2) is 0 Å². The molecule has 2 nitrogen and oxygen atoms in total. The number of hydrogen-bond donors (Lipinski definition) is 1. The van der Waals surface area contributed by atoms with Crippen molar-refractivity contribution in [2.75, 3.05) is 0 Å². The molecule has 0 aliphatic carbocycles. The predicted molar refractivity (Wildman–Crippen MR) is 80.5 cm³/mol. The maximum atomic E-state index is 6.29. The summed E-state index contributed by atoms with van der Waals surface area (Å²) < 4.78 is 6.99. The molecule has 3 rings (SSSR count). The average Bonchev–Trinajstić information content (AvgIpc) is 2.38. The van der Waals surface area contributed by atoms with Crippen LogP contribution in [0.2, 0.25) is 5.02 Å². The van der Waals surface area contributed by atoms with Crippen molar-refractivity contribution in [2.24, 2.45) is 5.73 Å². The van der Waals surface area contributed by atoms with E-state index in [1.807, 2.05) is 42.5 Å². The Labute approximate surface area is 125 Å². The third-order valence-corrected chi connectivity index (χ3v) is 4.19. The fourth-order valence-corrected chi connectivity index (χ4v) is 3.20. The predicted octanol–water partition coefficient (Wildman–Crippen LogP) is 4.63. The van der Waals surface area contributed by atoms with Crippen molar-refractivity contribution in [3.63, 3.8) is 0 Å². The largest absolute Gasteiger partial charge is 0.485 e. The summed E-state index contributed by atoms with van der Waals surface area (Å²) in [5.41, 5.74) is 8.27. The summed E-state index contributed by atoms with van der Waals surface area (Å²) in [6.07, 6.45) is 0.642. The Morgan fingerprint density at radius 2 is 1.95 bits per heavy atom. The van der Waals surface area contributed by atoms with Gasteiger partial charge in [0.15, 0.2) is 0 Å². The van der Waals surface area contributed by atoms with Crippen LogP contribution in [0, 0.1) is 0 Å². The van der Waals surface area contributed by atoms with E-state index in [2.05, 4.69) is 15.9 Å². The lowest BCUT2D eigenvalue weighted by atomic mass is 9.93. The van der Waals surface area contributed by atoms with Gasteiger partial charge < -0.3 is 10.5 Å². The number of halogens is 2. The smallest absolute Gasteiger partial charge is 0.127 e. The van der Waals surface area contributed by atoms with Crippen molar-refractivity contribution < 1.29 is 4.74 Å². The van der Waals surface area contributed by atoms with Crippen LogP contribution in [0.4, 0.5) is 0 Å². The number of fused-ring (bicyclic) bond motifs is 1. The van der Waals surface area contributed by atoms with E-state index in [0.717, 1.165) is 27.8 Å². The highest BCUT2D eigenvalue weighted by molar-refractivity contribution is 9.10. The first-order valence-corrected chi connectivity index (χ1v) is 7.28. The molecule has 0 radical (unpaired) electrons. The van der Waals surface area contributed by atoms with Gasteiger partial charge in [-0.05, 0) is 18.2 Å². The Morgan fingerprint density at radius 1 is 1.16 bits per heavy atom. The van der Waals surface area contributed by atoms with Crippen LogP contribution in [0.3, 0.4) is 0 Å². The zero-order chi connectivity index (χ0) is 13.4. The highest BCUT2D eigenvalue weighted by atomic mass is 79.9. The summed E-state index contributed by atoms with van der Waals surface area (Å²) in [5.74, 6) is 0.852. The van der Waals surface area contributed by atoms with E-state index in [4.69, 9.17) is 22.1 Å². The van der Waals surface area contributed by atoms with Crippen LogP contribution in [0.1, 0.15) is 29.7 Å². The molecule has 1 aliphatic rings. The Kier molecular flexibility index (Phi) is 3.52. The summed E-state index contributed by atoms with van der Waals surface area (Å²) in [7, 11) is 0. The van der Waals surface area contributed by atoms with Gasteiger partial charge in [-0.25, -0.2) is 0 Å². The van der Waals surface area contributed by atoms with E-state index >= 15 is 0 Å². The number of hydrogen-bond acceptors (Lipinski definition) is 2. The van der Waals surface area contributed by atoms with Gasteiger partial charge in [0.2, 0.25) is 0 Å². The lowest BCUT2D eigenvalue weighted by Crippen LogP contribution is -2.24. The van der Waals surface area contributed by atoms with Crippen LogP contribution in [0.15, 0.2) is 46.9 Å². The number of ether oxygens (including phenoxy) is 1. The topological polar surface area (TPSA) is 35.2 Å². The minimum atomic E-state index is -0.0921. The molecule has 2 aromatic rings.